The highest BCUT2D eigenvalue weighted by Crippen LogP contribution is 2.48. The Morgan fingerprint density at radius 3 is 2.38 bits per heavy atom. The predicted molar refractivity (Wildman–Crippen MR) is 65.1 cm³/mol. The van der Waals surface area contributed by atoms with Crippen molar-refractivity contribution < 1.29 is 4.79 Å². The number of rotatable bonds is 8. The number of amides is 1. The molecular weight excluding hydrogens is 200 g/mol. The first-order chi connectivity index (χ1) is 7.81. The van der Waals surface area contributed by atoms with Gasteiger partial charge >= 0.3 is 0 Å². The van der Waals surface area contributed by atoms with Crippen LogP contribution in [0.5, 0.6) is 0 Å². The summed E-state index contributed by atoms with van der Waals surface area (Å²) in [4.78, 5) is 11.0. The van der Waals surface area contributed by atoms with Gasteiger partial charge in [0.1, 0.15) is 0 Å². The second-order valence-corrected chi connectivity index (χ2v) is 5.32. The van der Waals surface area contributed by atoms with E-state index in [1.807, 2.05) is 0 Å². The lowest BCUT2D eigenvalue weighted by molar-refractivity contribution is -0.120. The van der Waals surface area contributed by atoms with Crippen molar-refractivity contribution in [1.29, 1.82) is 0 Å². The molecule has 0 aliphatic heterocycles. The molecule has 0 atom stereocenters. The molecule has 1 amide bonds. The molecule has 0 aromatic rings. The van der Waals surface area contributed by atoms with Gasteiger partial charge in [-0.25, -0.2) is 0 Å². The first kappa shape index (κ1) is 11.9. The van der Waals surface area contributed by atoms with Gasteiger partial charge in [-0.3, -0.25) is 4.79 Å². The number of hydrogen-bond acceptors (Lipinski definition) is 2. The van der Waals surface area contributed by atoms with Crippen molar-refractivity contribution in [2.45, 2.75) is 38.5 Å². The van der Waals surface area contributed by atoms with E-state index in [9.17, 15) is 4.79 Å². The summed E-state index contributed by atoms with van der Waals surface area (Å²) < 4.78 is 0. The quantitative estimate of drug-likeness (QED) is 0.614. The summed E-state index contributed by atoms with van der Waals surface area (Å²) in [5.41, 5.74) is 0. The van der Waals surface area contributed by atoms with E-state index in [1.54, 1.807) is 7.05 Å². The molecule has 2 rings (SSSR count). The normalized spacial score (nSPS) is 20.1. The molecule has 0 bridgehead atoms. The highest BCUT2D eigenvalue weighted by atomic mass is 16.1. The van der Waals surface area contributed by atoms with Crippen LogP contribution in [-0.2, 0) is 4.79 Å². The van der Waals surface area contributed by atoms with Gasteiger partial charge in [0.2, 0.25) is 5.91 Å². The molecule has 0 aromatic heterocycles. The summed E-state index contributed by atoms with van der Waals surface area (Å²) in [6.45, 7) is 2.17. The molecule has 0 unspecified atom stereocenters. The molecule has 0 heterocycles. The van der Waals surface area contributed by atoms with Crippen molar-refractivity contribution >= 4 is 5.91 Å². The number of hydrogen-bond donors (Lipinski definition) is 2. The van der Waals surface area contributed by atoms with Crippen molar-refractivity contribution in [3.8, 4) is 0 Å². The summed E-state index contributed by atoms with van der Waals surface area (Å²) in [6.07, 6.45) is 7.45. The second-order valence-electron chi connectivity index (χ2n) is 5.32. The first-order valence-corrected chi connectivity index (χ1v) is 6.72. The van der Waals surface area contributed by atoms with Crippen molar-refractivity contribution in [3.63, 3.8) is 0 Å². The summed E-state index contributed by atoms with van der Waals surface area (Å²) in [5, 5.41) is 6.18. The van der Waals surface area contributed by atoms with Gasteiger partial charge in [0.05, 0.1) is 0 Å². The Bertz CT molecular complexity index is 222. The summed E-state index contributed by atoms with van der Waals surface area (Å²) >= 11 is 0. The SMILES string of the molecule is CNC(=O)CCCNCC(C1CC1)C1CC1. The molecule has 16 heavy (non-hydrogen) atoms. The molecule has 92 valence electrons. The Balaban J connectivity index is 1.51. The van der Waals surface area contributed by atoms with Gasteiger partial charge in [-0.15, -0.1) is 0 Å². The maximum atomic E-state index is 11.0. The van der Waals surface area contributed by atoms with Crippen molar-refractivity contribution in [1.82, 2.24) is 10.6 Å². The highest BCUT2D eigenvalue weighted by Gasteiger charge is 2.40. The minimum Gasteiger partial charge on any atom is -0.359 e. The lowest BCUT2D eigenvalue weighted by Crippen LogP contribution is -2.27. The topological polar surface area (TPSA) is 41.1 Å². The molecule has 2 fully saturated rings. The van der Waals surface area contributed by atoms with Crippen LogP contribution < -0.4 is 10.6 Å². The standard InChI is InChI=1S/C13H24N2O/c1-14-13(16)3-2-8-15-9-12(10-4-5-10)11-6-7-11/h10-12,15H,2-9H2,1H3,(H,14,16). The lowest BCUT2D eigenvalue weighted by Gasteiger charge is -2.16. The number of nitrogens with one attached hydrogen (secondary N) is 2. The summed E-state index contributed by atoms with van der Waals surface area (Å²) in [7, 11) is 1.70. The monoisotopic (exact) mass is 224 g/mol. The smallest absolute Gasteiger partial charge is 0.219 e. The average molecular weight is 224 g/mol. The van der Waals surface area contributed by atoms with Gasteiger partial charge in [0.15, 0.2) is 0 Å². The maximum absolute atomic E-state index is 11.0. The molecule has 2 saturated carbocycles. The van der Waals surface area contributed by atoms with Gasteiger partial charge in [-0.1, -0.05) is 0 Å². The van der Waals surface area contributed by atoms with E-state index in [0.717, 1.165) is 30.7 Å². The van der Waals surface area contributed by atoms with E-state index in [4.69, 9.17) is 0 Å². The third-order valence-corrected chi connectivity index (χ3v) is 3.87. The van der Waals surface area contributed by atoms with E-state index in [0.29, 0.717) is 6.42 Å². The fraction of sp³-hybridized carbons (Fsp3) is 0.923. The van der Waals surface area contributed by atoms with Crippen LogP contribution in [-0.4, -0.2) is 26.0 Å². The maximum Gasteiger partial charge on any atom is 0.219 e. The fourth-order valence-electron chi connectivity index (χ4n) is 2.53. The van der Waals surface area contributed by atoms with E-state index < -0.39 is 0 Å². The Kier molecular flexibility index (Phi) is 4.22. The van der Waals surface area contributed by atoms with Crippen molar-refractivity contribution in [2.24, 2.45) is 17.8 Å². The zero-order chi connectivity index (χ0) is 11.4. The van der Waals surface area contributed by atoms with E-state index in [-0.39, 0.29) is 5.91 Å². The molecule has 0 aromatic carbocycles. The second kappa shape index (κ2) is 5.67. The molecule has 2 aliphatic rings. The lowest BCUT2D eigenvalue weighted by atomic mass is 9.98. The van der Waals surface area contributed by atoms with Gasteiger partial charge in [0.25, 0.3) is 0 Å². The van der Waals surface area contributed by atoms with Gasteiger partial charge < -0.3 is 10.6 Å². The molecular formula is C13H24N2O. The minimum atomic E-state index is 0.155. The third-order valence-electron chi connectivity index (χ3n) is 3.87. The van der Waals surface area contributed by atoms with Gasteiger partial charge in [-0.05, 0) is 62.9 Å². The van der Waals surface area contributed by atoms with E-state index >= 15 is 0 Å². The zero-order valence-corrected chi connectivity index (χ0v) is 10.3. The third kappa shape index (κ3) is 3.78. The van der Waals surface area contributed by atoms with E-state index in [2.05, 4.69) is 10.6 Å². The van der Waals surface area contributed by atoms with Crippen LogP contribution in [0.15, 0.2) is 0 Å². The largest absolute Gasteiger partial charge is 0.359 e. The van der Waals surface area contributed by atoms with Crippen LogP contribution in [0, 0.1) is 17.8 Å². The first-order valence-electron chi connectivity index (χ1n) is 6.72. The van der Waals surface area contributed by atoms with Crippen molar-refractivity contribution in [3.05, 3.63) is 0 Å². The highest BCUT2D eigenvalue weighted by molar-refractivity contribution is 5.75. The molecule has 3 heteroatoms. The van der Waals surface area contributed by atoms with Gasteiger partial charge in [-0.2, -0.15) is 0 Å². The Morgan fingerprint density at radius 2 is 1.88 bits per heavy atom. The van der Waals surface area contributed by atoms with Crippen LogP contribution in [0.4, 0.5) is 0 Å². The van der Waals surface area contributed by atoms with Crippen molar-refractivity contribution in [2.75, 3.05) is 20.1 Å². The fourth-order valence-corrected chi connectivity index (χ4v) is 2.53. The molecule has 2 N–H and O–H groups in total. The van der Waals surface area contributed by atoms with Gasteiger partial charge in [0, 0.05) is 13.5 Å². The zero-order valence-electron chi connectivity index (χ0n) is 10.3. The van der Waals surface area contributed by atoms with Crippen LogP contribution in [0.1, 0.15) is 38.5 Å². The Morgan fingerprint density at radius 1 is 1.25 bits per heavy atom. The van der Waals surface area contributed by atoms with Crippen LogP contribution >= 0.6 is 0 Å². The molecule has 0 saturated heterocycles. The van der Waals surface area contributed by atoms with E-state index in [1.165, 1.54) is 32.2 Å². The Hall–Kier alpha value is -0.570. The molecule has 0 radical (unpaired) electrons. The van der Waals surface area contributed by atoms with Crippen LogP contribution in [0.3, 0.4) is 0 Å². The molecule has 0 spiro atoms. The number of carbonyl (C=O) groups is 1. The average Bonchev–Trinajstić information content (AvgIpc) is 3.16. The summed E-state index contributed by atoms with van der Waals surface area (Å²) in [6, 6.07) is 0. The predicted octanol–water partition coefficient (Wildman–Crippen LogP) is 1.54. The molecule has 3 nitrogen and oxygen atoms in total. The Labute approximate surface area is 98.4 Å². The van der Waals surface area contributed by atoms with Crippen LogP contribution in [0.25, 0.3) is 0 Å². The number of carbonyl (C=O) groups excluding carboxylic acids is 1. The molecule has 2 aliphatic carbocycles. The minimum absolute atomic E-state index is 0.155. The van der Waals surface area contributed by atoms with Crippen LogP contribution in [0.2, 0.25) is 0 Å². The summed E-state index contributed by atoms with van der Waals surface area (Å²) in [5.74, 6) is 3.15.